The lowest BCUT2D eigenvalue weighted by atomic mass is 9.97. The van der Waals surface area contributed by atoms with Crippen molar-refractivity contribution in [2.75, 3.05) is 27.2 Å². The van der Waals surface area contributed by atoms with E-state index in [4.69, 9.17) is 5.11 Å². The molecule has 6 heteroatoms. The van der Waals surface area contributed by atoms with Crippen molar-refractivity contribution in [1.29, 1.82) is 0 Å². The number of carboxylic acids is 1. The van der Waals surface area contributed by atoms with Gasteiger partial charge in [-0.3, -0.25) is 4.79 Å². The maximum absolute atomic E-state index is 11.5. The van der Waals surface area contributed by atoms with Crippen molar-refractivity contribution in [3.05, 3.63) is 0 Å². The first-order chi connectivity index (χ1) is 8.73. The van der Waals surface area contributed by atoms with Crippen molar-refractivity contribution in [2.45, 2.75) is 33.2 Å². The average Bonchev–Trinajstić information content (AvgIpc) is 2.30. The summed E-state index contributed by atoms with van der Waals surface area (Å²) in [6, 6.07) is -0.0830. The van der Waals surface area contributed by atoms with Crippen LogP contribution in [-0.4, -0.2) is 55.2 Å². The summed E-state index contributed by atoms with van der Waals surface area (Å²) in [6.45, 7) is 6.62. The number of rotatable bonds is 8. The van der Waals surface area contributed by atoms with Gasteiger partial charge in [-0.05, 0) is 33.4 Å². The van der Waals surface area contributed by atoms with Gasteiger partial charge in [0.25, 0.3) is 0 Å². The van der Waals surface area contributed by atoms with E-state index < -0.39 is 11.9 Å². The minimum absolute atomic E-state index is 0.162. The molecule has 0 radical (unpaired) electrons. The molecule has 2 amide bonds. The second-order valence-electron chi connectivity index (χ2n) is 5.57. The van der Waals surface area contributed by atoms with Gasteiger partial charge < -0.3 is 20.6 Å². The molecule has 0 heterocycles. The van der Waals surface area contributed by atoms with Crippen LogP contribution in [0.3, 0.4) is 0 Å². The first-order valence-corrected chi connectivity index (χ1v) is 6.65. The van der Waals surface area contributed by atoms with Gasteiger partial charge in [0.15, 0.2) is 0 Å². The van der Waals surface area contributed by atoms with Crippen molar-refractivity contribution in [3.63, 3.8) is 0 Å². The van der Waals surface area contributed by atoms with Gasteiger partial charge in [0, 0.05) is 19.1 Å². The fourth-order valence-electron chi connectivity index (χ4n) is 1.54. The van der Waals surface area contributed by atoms with Crippen molar-refractivity contribution in [1.82, 2.24) is 15.5 Å². The highest BCUT2D eigenvalue weighted by Gasteiger charge is 2.19. The maximum atomic E-state index is 11.5. The van der Waals surface area contributed by atoms with Gasteiger partial charge in [-0.1, -0.05) is 13.8 Å². The number of aliphatic carboxylic acids is 1. The molecule has 2 atom stereocenters. The molecule has 0 aliphatic heterocycles. The van der Waals surface area contributed by atoms with Crippen molar-refractivity contribution in [2.24, 2.45) is 11.8 Å². The number of amides is 2. The molecule has 0 bridgehead atoms. The Bertz CT molecular complexity index is 293. The van der Waals surface area contributed by atoms with Gasteiger partial charge in [-0.15, -0.1) is 0 Å². The molecule has 3 N–H and O–H groups in total. The van der Waals surface area contributed by atoms with E-state index in [-0.39, 0.29) is 18.6 Å². The lowest BCUT2D eigenvalue weighted by Crippen LogP contribution is -2.44. The molecule has 112 valence electrons. The molecular weight excluding hydrogens is 246 g/mol. The molecule has 0 saturated heterocycles. The van der Waals surface area contributed by atoms with Gasteiger partial charge in [-0.25, -0.2) is 4.79 Å². The standard InChI is InChI=1S/C13H27N3O3/c1-9(2)6-11(12(17)18)8-15-13(19)14-7-10(3)16(4)5/h9-11H,6-8H2,1-5H3,(H,17,18)(H2,14,15,19). The summed E-state index contributed by atoms with van der Waals surface area (Å²) in [7, 11) is 3.88. The zero-order chi connectivity index (χ0) is 15.0. The van der Waals surface area contributed by atoms with E-state index in [2.05, 4.69) is 10.6 Å². The Balaban J connectivity index is 4.02. The number of likely N-dealkylation sites (N-methyl/N-ethyl adjacent to an activating group) is 1. The van der Waals surface area contributed by atoms with E-state index in [1.165, 1.54) is 0 Å². The smallest absolute Gasteiger partial charge is 0.314 e. The highest BCUT2D eigenvalue weighted by Crippen LogP contribution is 2.10. The molecule has 0 aromatic heterocycles. The summed E-state index contributed by atoms with van der Waals surface area (Å²) >= 11 is 0. The minimum atomic E-state index is -0.865. The Morgan fingerprint density at radius 1 is 1.11 bits per heavy atom. The summed E-state index contributed by atoms with van der Waals surface area (Å²) in [5.74, 6) is -1.10. The van der Waals surface area contributed by atoms with Crippen LogP contribution in [0.5, 0.6) is 0 Å². The monoisotopic (exact) mass is 273 g/mol. The fraction of sp³-hybridized carbons (Fsp3) is 0.846. The van der Waals surface area contributed by atoms with Crippen LogP contribution in [0.25, 0.3) is 0 Å². The van der Waals surface area contributed by atoms with Crippen LogP contribution in [0.15, 0.2) is 0 Å². The molecule has 19 heavy (non-hydrogen) atoms. The Labute approximate surface area is 115 Å². The molecule has 2 unspecified atom stereocenters. The van der Waals surface area contributed by atoms with Crippen LogP contribution in [-0.2, 0) is 4.79 Å². The number of carbonyl (C=O) groups excluding carboxylic acids is 1. The molecule has 0 aromatic rings. The third kappa shape index (κ3) is 8.42. The number of urea groups is 1. The van der Waals surface area contributed by atoms with Crippen LogP contribution in [0.1, 0.15) is 27.2 Å². The SMILES string of the molecule is CC(C)CC(CNC(=O)NCC(C)N(C)C)C(=O)O. The zero-order valence-electron chi connectivity index (χ0n) is 12.6. The first kappa shape index (κ1) is 17.7. The van der Waals surface area contributed by atoms with Crippen molar-refractivity contribution < 1.29 is 14.7 Å². The Hall–Kier alpha value is -1.30. The van der Waals surface area contributed by atoms with E-state index in [0.717, 1.165) is 0 Å². The number of nitrogens with zero attached hydrogens (tertiary/aromatic N) is 1. The van der Waals surface area contributed by atoms with Gasteiger partial charge in [0.1, 0.15) is 0 Å². The Morgan fingerprint density at radius 2 is 1.63 bits per heavy atom. The molecule has 0 rings (SSSR count). The summed E-state index contributed by atoms with van der Waals surface area (Å²) in [6.07, 6.45) is 0.559. The molecule has 6 nitrogen and oxygen atoms in total. The minimum Gasteiger partial charge on any atom is -0.481 e. The van der Waals surface area contributed by atoms with E-state index in [9.17, 15) is 9.59 Å². The second-order valence-corrected chi connectivity index (χ2v) is 5.57. The molecule has 0 aliphatic rings. The van der Waals surface area contributed by atoms with E-state index in [0.29, 0.717) is 18.9 Å². The van der Waals surface area contributed by atoms with Crippen LogP contribution >= 0.6 is 0 Å². The number of carboxylic acid groups (broad SMARTS) is 1. The highest BCUT2D eigenvalue weighted by atomic mass is 16.4. The first-order valence-electron chi connectivity index (χ1n) is 6.65. The Morgan fingerprint density at radius 3 is 2.05 bits per heavy atom. The third-order valence-corrected chi connectivity index (χ3v) is 3.05. The van der Waals surface area contributed by atoms with Gasteiger partial charge in [-0.2, -0.15) is 0 Å². The number of carbonyl (C=O) groups is 2. The normalized spacial score (nSPS) is 14.3. The van der Waals surface area contributed by atoms with Gasteiger partial charge in [0.2, 0.25) is 0 Å². The lowest BCUT2D eigenvalue weighted by Gasteiger charge is -2.20. The summed E-state index contributed by atoms with van der Waals surface area (Å²) < 4.78 is 0. The topological polar surface area (TPSA) is 81.7 Å². The molecular formula is C13H27N3O3. The Kier molecular flexibility index (Phi) is 8.14. The van der Waals surface area contributed by atoms with E-state index in [1.54, 1.807) is 0 Å². The van der Waals surface area contributed by atoms with Crippen LogP contribution in [0, 0.1) is 11.8 Å². The van der Waals surface area contributed by atoms with Gasteiger partial charge in [0.05, 0.1) is 5.92 Å². The predicted octanol–water partition coefficient (Wildman–Crippen LogP) is 0.983. The van der Waals surface area contributed by atoms with Gasteiger partial charge >= 0.3 is 12.0 Å². The molecule has 0 aliphatic carbocycles. The lowest BCUT2D eigenvalue weighted by molar-refractivity contribution is -0.142. The van der Waals surface area contributed by atoms with Crippen molar-refractivity contribution >= 4 is 12.0 Å². The van der Waals surface area contributed by atoms with E-state index >= 15 is 0 Å². The largest absolute Gasteiger partial charge is 0.481 e. The quantitative estimate of drug-likeness (QED) is 0.616. The van der Waals surface area contributed by atoms with Crippen molar-refractivity contribution in [3.8, 4) is 0 Å². The number of nitrogens with one attached hydrogen (secondary N) is 2. The third-order valence-electron chi connectivity index (χ3n) is 3.05. The molecule has 0 spiro atoms. The molecule has 0 aromatic carbocycles. The van der Waals surface area contributed by atoms with Crippen LogP contribution < -0.4 is 10.6 Å². The summed E-state index contributed by atoms with van der Waals surface area (Å²) in [5, 5.41) is 14.4. The summed E-state index contributed by atoms with van der Waals surface area (Å²) in [4.78, 5) is 24.6. The number of hydrogen-bond donors (Lipinski definition) is 3. The fourth-order valence-corrected chi connectivity index (χ4v) is 1.54. The van der Waals surface area contributed by atoms with E-state index in [1.807, 2.05) is 39.8 Å². The highest BCUT2D eigenvalue weighted by molar-refractivity contribution is 5.75. The van der Waals surface area contributed by atoms with Crippen LogP contribution in [0.4, 0.5) is 4.79 Å². The maximum Gasteiger partial charge on any atom is 0.314 e. The van der Waals surface area contributed by atoms with Crippen LogP contribution in [0.2, 0.25) is 0 Å². The molecule has 0 saturated carbocycles. The number of hydrogen-bond acceptors (Lipinski definition) is 3. The second kappa shape index (κ2) is 8.74. The predicted molar refractivity (Wildman–Crippen MR) is 75.1 cm³/mol. The zero-order valence-corrected chi connectivity index (χ0v) is 12.6. The molecule has 0 fully saturated rings. The summed E-state index contributed by atoms with van der Waals surface area (Å²) in [5.41, 5.74) is 0. The average molecular weight is 273 g/mol.